The van der Waals surface area contributed by atoms with Crippen LogP contribution in [-0.2, 0) is 4.79 Å². The molecule has 3 atom stereocenters. The maximum absolute atomic E-state index is 11.7. The first-order valence-electron chi connectivity index (χ1n) is 6.42. The molecule has 3 unspecified atom stereocenters. The van der Waals surface area contributed by atoms with Crippen molar-refractivity contribution in [1.82, 2.24) is 10.6 Å². The zero-order valence-electron chi connectivity index (χ0n) is 10.7. The van der Waals surface area contributed by atoms with Gasteiger partial charge in [-0.2, -0.15) is 0 Å². The van der Waals surface area contributed by atoms with Crippen LogP contribution >= 0.6 is 0 Å². The number of benzene rings is 1. The van der Waals surface area contributed by atoms with Gasteiger partial charge in [0.25, 0.3) is 0 Å². The highest BCUT2D eigenvalue weighted by Crippen LogP contribution is 2.40. The Bertz CT molecular complexity index is 416. The molecule has 1 aliphatic carbocycles. The van der Waals surface area contributed by atoms with Crippen LogP contribution in [0.1, 0.15) is 24.8 Å². The highest BCUT2D eigenvalue weighted by atomic mass is 16.2. The Balaban J connectivity index is 1.79. The molecule has 3 nitrogen and oxygen atoms in total. The van der Waals surface area contributed by atoms with Crippen molar-refractivity contribution in [2.24, 2.45) is 0 Å². The SMILES string of the molecule is C=CCNC(=O)C(C)NC1CC1c1ccccc1. The van der Waals surface area contributed by atoms with E-state index in [4.69, 9.17) is 0 Å². The van der Waals surface area contributed by atoms with Gasteiger partial charge in [-0.05, 0) is 18.9 Å². The van der Waals surface area contributed by atoms with Crippen molar-refractivity contribution in [2.45, 2.75) is 31.3 Å². The number of hydrogen-bond acceptors (Lipinski definition) is 2. The molecule has 3 heteroatoms. The first-order valence-corrected chi connectivity index (χ1v) is 6.42. The normalized spacial score (nSPS) is 23.2. The minimum absolute atomic E-state index is 0.0358. The molecule has 1 aromatic carbocycles. The van der Waals surface area contributed by atoms with Gasteiger partial charge in [-0.15, -0.1) is 6.58 Å². The molecule has 1 amide bonds. The molecular formula is C15H20N2O. The van der Waals surface area contributed by atoms with Crippen molar-refractivity contribution in [1.29, 1.82) is 0 Å². The largest absolute Gasteiger partial charge is 0.351 e. The molecule has 1 aromatic rings. The molecule has 0 bridgehead atoms. The second-order valence-corrected chi connectivity index (χ2v) is 4.78. The van der Waals surface area contributed by atoms with E-state index in [2.05, 4.69) is 41.5 Å². The van der Waals surface area contributed by atoms with E-state index >= 15 is 0 Å². The lowest BCUT2D eigenvalue weighted by Gasteiger charge is -2.13. The second-order valence-electron chi connectivity index (χ2n) is 4.78. The zero-order chi connectivity index (χ0) is 13.0. The van der Waals surface area contributed by atoms with Crippen LogP contribution in [0.2, 0.25) is 0 Å². The molecule has 0 aromatic heterocycles. The molecular weight excluding hydrogens is 224 g/mol. The molecule has 96 valence electrons. The first-order chi connectivity index (χ1) is 8.72. The quantitative estimate of drug-likeness (QED) is 0.749. The van der Waals surface area contributed by atoms with Gasteiger partial charge >= 0.3 is 0 Å². The summed E-state index contributed by atoms with van der Waals surface area (Å²) in [6, 6.07) is 10.7. The lowest BCUT2D eigenvalue weighted by molar-refractivity contribution is -0.122. The summed E-state index contributed by atoms with van der Waals surface area (Å²) >= 11 is 0. The third-order valence-electron chi connectivity index (χ3n) is 3.30. The molecule has 0 spiro atoms. The summed E-state index contributed by atoms with van der Waals surface area (Å²) in [5.74, 6) is 0.592. The summed E-state index contributed by atoms with van der Waals surface area (Å²) < 4.78 is 0. The van der Waals surface area contributed by atoms with Gasteiger partial charge in [0.15, 0.2) is 0 Å². The van der Waals surface area contributed by atoms with E-state index < -0.39 is 0 Å². The number of rotatable bonds is 6. The van der Waals surface area contributed by atoms with Crippen LogP contribution in [0, 0.1) is 0 Å². The van der Waals surface area contributed by atoms with Gasteiger partial charge in [-0.25, -0.2) is 0 Å². The summed E-state index contributed by atoms with van der Waals surface area (Å²) in [5, 5.41) is 6.17. The zero-order valence-corrected chi connectivity index (χ0v) is 10.7. The molecule has 1 aliphatic rings. The van der Waals surface area contributed by atoms with E-state index in [1.165, 1.54) is 5.56 Å². The average Bonchev–Trinajstić information content (AvgIpc) is 3.16. The monoisotopic (exact) mass is 244 g/mol. The smallest absolute Gasteiger partial charge is 0.237 e. The summed E-state index contributed by atoms with van der Waals surface area (Å²) in [6.07, 6.45) is 2.80. The van der Waals surface area contributed by atoms with Crippen molar-refractivity contribution in [3.05, 3.63) is 48.6 Å². The van der Waals surface area contributed by atoms with Crippen LogP contribution in [-0.4, -0.2) is 24.5 Å². The minimum Gasteiger partial charge on any atom is -0.351 e. The Morgan fingerprint density at radius 1 is 1.50 bits per heavy atom. The second kappa shape index (κ2) is 5.83. The van der Waals surface area contributed by atoms with Crippen LogP contribution in [0.3, 0.4) is 0 Å². The molecule has 18 heavy (non-hydrogen) atoms. The van der Waals surface area contributed by atoms with Gasteiger partial charge in [0.05, 0.1) is 6.04 Å². The molecule has 2 rings (SSSR count). The number of amides is 1. The minimum atomic E-state index is -0.149. The Hall–Kier alpha value is -1.61. The maximum atomic E-state index is 11.7. The van der Waals surface area contributed by atoms with Crippen LogP contribution in [0.5, 0.6) is 0 Å². The van der Waals surface area contributed by atoms with Crippen molar-refractivity contribution < 1.29 is 4.79 Å². The van der Waals surface area contributed by atoms with E-state index in [0.717, 1.165) is 6.42 Å². The Kier molecular flexibility index (Phi) is 4.15. The van der Waals surface area contributed by atoms with Crippen LogP contribution in [0.15, 0.2) is 43.0 Å². The fourth-order valence-electron chi connectivity index (χ4n) is 2.17. The van der Waals surface area contributed by atoms with E-state index in [9.17, 15) is 4.79 Å². The molecule has 1 fully saturated rings. The Morgan fingerprint density at radius 3 is 2.89 bits per heavy atom. The van der Waals surface area contributed by atoms with Crippen molar-refractivity contribution in [3.63, 3.8) is 0 Å². The summed E-state index contributed by atoms with van der Waals surface area (Å²) in [5.41, 5.74) is 1.36. The number of carbonyl (C=O) groups excluding carboxylic acids is 1. The fraction of sp³-hybridized carbons (Fsp3) is 0.400. The summed E-state index contributed by atoms with van der Waals surface area (Å²) in [4.78, 5) is 11.7. The molecule has 0 saturated heterocycles. The lowest BCUT2D eigenvalue weighted by Crippen LogP contribution is -2.43. The van der Waals surface area contributed by atoms with E-state index in [1.807, 2.05) is 13.0 Å². The number of hydrogen-bond donors (Lipinski definition) is 2. The highest BCUT2D eigenvalue weighted by Gasteiger charge is 2.39. The predicted octanol–water partition coefficient (Wildman–Crippen LogP) is 1.82. The molecule has 0 heterocycles. The fourth-order valence-corrected chi connectivity index (χ4v) is 2.17. The van der Waals surface area contributed by atoms with Gasteiger partial charge in [0.2, 0.25) is 5.91 Å². The van der Waals surface area contributed by atoms with Crippen LogP contribution in [0.25, 0.3) is 0 Å². The average molecular weight is 244 g/mol. The highest BCUT2D eigenvalue weighted by molar-refractivity contribution is 5.81. The van der Waals surface area contributed by atoms with Crippen molar-refractivity contribution in [3.8, 4) is 0 Å². The lowest BCUT2D eigenvalue weighted by atomic mass is 10.1. The summed E-state index contributed by atoms with van der Waals surface area (Å²) in [7, 11) is 0. The standard InChI is InChI=1S/C15H20N2O/c1-3-9-16-15(18)11(2)17-14-10-13(14)12-7-5-4-6-8-12/h3-8,11,13-14,17H,1,9-10H2,2H3,(H,16,18). The first kappa shape index (κ1) is 12.8. The van der Waals surface area contributed by atoms with Gasteiger partial charge in [0, 0.05) is 18.5 Å². The Labute approximate surface area is 108 Å². The topological polar surface area (TPSA) is 41.1 Å². The van der Waals surface area contributed by atoms with Gasteiger partial charge < -0.3 is 10.6 Å². The van der Waals surface area contributed by atoms with Gasteiger partial charge in [-0.3, -0.25) is 4.79 Å². The predicted molar refractivity (Wildman–Crippen MR) is 73.4 cm³/mol. The third-order valence-corrected chi connectivity index (χ3v) is 3.30. The van der Waals surface area contributed by atoms with Gasteiger partial charge in [-0.1, -0.05) is 36.4 Å². The number of nitrogens with one attached hydrogen (secondary N) is 2. The van der Waals surface area contributed by atoms with Crippen LogP contribution < -0.4 is 10.6 Å². The van der Waals surface area contributed by atoms with Crippen molar-refractivity contribution >= 4 is 5.91 Å². The number of carbonyl (C=O) groups is 1. The Morgan fingerprint density at radius 2 is 2.22 bits per heavy atom. The molecule has 2 N–H and O–H groups in total. The summed E-state index contributed by atoms with van der Waals surface area (Å²) in [6.45, 7) is 6.01. The molecule has 1 saturated carbocycles. The van der Waals surface area contributed by atoms with E-state index in [-0.39, 0.29) is 11.9 Å². The van der Waals surface area contributed by atoms with Crippen LogP contribution in [0.4, 0.5) is 0 Å². The maximum Gasteiger partial charge on any atom is 0.237 e. The van der Waals surface area contributed by atoms with E-state index in [1.54, 1.807) is 6.08 Å². The van der Waals surface area contributed by atoms with Crippen molar-refractivity contribution in [2.75, 3.05) is 6.54 Å². The van der Waals surface area contributed by atoms with Gasteiger partial charge in [0.1, 0.15) is 0 Å². The molecule has 0 radical (unpaired) electrons. The van der Waals surface area contributed by atoms with E-state index in [0.29, 0.717) is 18.5 Å². The third kappa shape index (κ3) is 3.20. The molecule has 0 aliphatic heterocycles.